The van der Waals surface area contributed by atoms with Crippen LogP contribution < -0.4 is 0 Å². The summed E-state index contributed by atoms with van der Waals surface area (Å²) in [5, 5.41) is 24.3. The number of fused-ring (bicyclic) bond motifs is 1. The first-order valence-corrected chi connectivity index (χ1v) is 8.96. The van der Waals surface area contributed by atoms with Crippen molar-refractivity contribution in [3.05, 3.63) is 28.8 Å². The summed E-state index contributed by atoms with van der Waals surface area (Å²) in [5.41, 5.74) is 3.44. The second-order valence-electron chi connectivity index (χ2n) is 7.17. The van der Waals surface area contributed by atoms with Gasteiger partial charge >= 0.3 is 5.97 Å². The third-order valence-electron chi connectivity index (χ3n) is 5.50. The number of carboxylic acid groups (broad SMARTS) is 1. The van der Waals surface area contributed by atoms with E-state index in [1.165, 1.54) is 0 Å². The van der Waals surface area contributed by atoms with E-state index >= 15 is 0 Å². The molecule has 0 unspecified atom stereocenters. The van der Waals surface area contributed by atoms with Gasteiger partial charge in [0.2, 0.25) is 0 Å². The van der Waals surface area contributed by atoms with Crippen LogP contribution in [0.15, 0.2) is 6.20 Å². The molecule has 4 rings (SSSR count). The maximum atomic E-state index is 13.2. The lowest BCUT2D eigenvalue weighted by atomic mass is 9.91. The van der Waals surface area contributed by atoms with Crippen LogP contribution >= 0.6 is 0 Å². The molecule has 2 aliphatic rings. The van der Waals surface area contributed by atoms with Crippen molar-refractivity contribution in [1.82, 2.24) is 30.1 Å². The van der Waals surface area contributed by atoms with Gasteiger partial charge in [0, 0.05) is 31.6 Å². The summed E-state index contributed by atoms with van der Waals surface area (Å²) in [4.78, 5) is 26.2. The molecule has 1 amide bonds. The Morgan fingerprint density at radius 2 is 2.12 bits per heavy atom. The van der Waals surface area contributed by atoms with E-state index in [2.05, 4.69) is 20.5 Å². The Bertz CT molecular complexity index is 828. The second-order valence-corrected chi connectivity index (χ2v) is 7.17. The number of carbonyl (C=O) groups excluding carboxylic acids is 1. The van der Waals surface area contributed by atoms with Crippen LogP contribution in [0.3, 0.4) is 0 Å². The van der Waals surface area contributed by atoms with Crippen LogP contribution in [-0.4, -0.2) is 60.2 Å². The fraction of sp³-hybridized carbons (Fsp3) is 0.588. The van der Waals surface area contributed by atoms with Crippen molar-refractivity contribution in [3.8, 4) is 0 Å². The SMILES string of the molecule is Cn1nc2c(c1C(=O)N1C[C@H](CC(=O)O)[C@H](c3cn[nH]n3)C1)CCCC2. The molecule has 1 saturated heterocycles. The number of aromatic nitrogens is 5. The molecule has 1 aliphatic heterocycles. The first-order chi connectivity index (χ1) is 12.5. The highest BCUT2D eigenvalue weighted by Gasteiger charge is 2.40. The Morgan fingerprint density at radius 3 is 2.85 bits per heavy atom. The van der Waals surface area contributed by atoms with Crippen molar-refractivity contribution in [2.75, 3.05) is 13.1 Å². The smallest absolute Gasteiger partial charge is 0.303 e. The van der Waals surface area contributed by atoms with Gasteiger partial charge in [0.05, 0.1) is 24.0 Å². The highest BCUT2D eigenvalue weighted by molar-refractivity contribution is 5.94. The number of H-pyrrole nitrogens is 1. The van der Waals surface area contributed by atoms with E-state index in [4.69, 9.17) is 0 Å². The van der Waals surface area contributed by atoms with Crippen LogP contribution in [0.5, 0.6) is 0 Å². The Labute approximate surface area is 150 Å². The quantitative estimate of drug-likeness (QED) is 0.833. The summed E-state index contributed by atoms with van der Waals surface area (Å²) in [7, 11) is 1.81. The molecule has 0 bridgehead atoms. The van der Waals surface area contributed by atoms with Gasteiger partial charge in [-0.3, -0.25) is 14.3 Å². The van der Waals surface area contributed by atoms with E-state index in [0.29, 0.717) is 24.5 Å². The van der Waals surface area contributed by atoms with Gasteiger partial charge in [-0.05, 0) is 31.6 Å². The molecule has 26 heavy (non-hydrogen) atoms. The number of aliphatic carboxylic acids is 1. The number of carboxylic acids is 1. The van der Waals surface area contributed by atoms with Crippen LogP contribution in [0, 0.1) is 5.92 Å². The number of amides is 1. The highest BCUT2D eigenvalue weighted by atomic mass is 16.4. The zero-order chi connectivity index (χ0) is 18.3. The standard InChI is InChI=1S/C17H22N6O3/c1-22-16(11-4-2-3-5-13(11)20-22)17(26)23-8-10(6-15(24)25)12(9-23)14-7-18-21-19-14/h7,10,12H,2-6,8-9H2,1H3,(H,24,25)(H,18,19,21)/t10-,12+/m0/s1. The monoisotopic (exact) mass is 358 g/mol. The molecule has 0 saturated carbocycles. The van der Waals surface area contributed by atoms with E-state index < -0.39 is 5.97 Å². The molecule has 2 aromatic rings. The van der Waals surface area contributed by atoms with E-state index in [0.717, 1.165) is 36.9 Å². The van der Waals surface area contributed by atoms with Gasteiger partial charge < -0.3 is 10.0 Å². The molecule has 0 aromatic carbocycles. The molecule has 138 valence electrons. The van der Waals surface area contributed by atoms with Gasteiger partial charge in [0.15, 0.2) is 0 Å². The Kier molecular flexibility index (Phi) is 4.21. The minimum absolute atomic E-state index is 0.00476. The number of carbonyl (C=O) groups is 2. The molecule has 2 atom stereocenters. The zero-order valence-electron chi connectivity index (χ0n) is 14.7. The van der Waals surface area contributed by atoms with Gasteiger partial charge in [0.25, 0.3) is 5.91 Å². The van der Waals surface area contributed by atoms with Crippen LogP contribution in [0.25, 0.3) is 0 Å². The summed E-state index contributed by atoms with van der Waals surface area (Å²) in [6, 6.07) is 0. The van der Waals surface area contributed by atoms with E-state index in [1.807, 2.05) is 7.05 Å². The molecule has 0 radical (unpaired) electrons. The molecule has 2 N–H and O–H groups in total. The number of aryl methyl sites for hydroxylation is 2. The fourth-order valence-electron chi connectivity index (χ4n) is 4.29. The summed E-state index contributed by atoms with van der Waals surface area (Å²) >= 11 is 0. The van der Waals surface area contributed by atoms with Crippen LogP contribution in [0.1, 0.15) is 52.6 Å². The molecule has 9 nitrogen and oxygen atoms in total. The van der Waals surface area contributed by atoms with Crippen molar-refractivity contribution >= 4 is 11.9 Å². The number of likely N-dealkylation sites (tertiary alicyclic amines) is 1. The van der Waals surface area contributed by atoms with Crippen LogP contribution in [0.2, 0.25) is 0 Å². The minimum atomic E-state index is -0.865. The lowest BCUT2D eigenvalue weighted by Crippen LogP contribution is -2.31. The molecule has 2 aromatic heterocycles. The number of nitrogens with zero attached hydrogens (tertiary/aromatic N) is 5. The number of hydrogen-bond donors (Lipinski definition) is 2. The number of nitrogens with one attached hydrogen (secondary N) is 1. The predicted molar refractivity (Wildman–Crippen MR) is 90.6 cm³/mol. The summed E-state index contributed by atoms with van der Waals surface area (Å²) in [6.07, 6.45) is 5.59. The second kappa shape index (κ2) is 6.54. The molecule has 9 heteroatoms. The van der Waals surface area contributed by atoms with Crippen molar-refractivity contribution in [2.45, 2.75) is 38.0 Å². The molecular formula is C17H22N6O3. The number of aromatic amines is 1. The van der Waals surface area contributed by atoms with E-state index in [9.17, 15) is 14.7 Å². The van der Waals surface area contributed by atoms with Crippen molar-refractivity contribution in [1.29, 1.82) is 0 Å². The maximum absolute atomic E-state index is 13.2. The third-order valence-corrected chi connectivity index (χ3v) is 5.50. The molecule has 1 aliphatic carbocycles. The van der Waals surface area contributed by atoms with Crippen molar-refractivity contribution in [2.24, 2.45) is 13.0 Å². The first kappa shape index (κ1) is 16.7. The zero-order valence-corrected chi connectivity index (χ0v) is 14.7. The highest BCUT2D eigenvalue weighted by Crippen LogP contribution is 2.35. The largest absolute Gasteiger partial charge is 0.481 e. The van der Waals surface area contributed by atoms with Gasteiger partial charge in [-0.15, -0.1) is 0 Å². The summed E-state index contributed by atoms with van der Waals surface area (Å²) < 4.78 is 1.69. The van der Waals surface area contributed by atoms with Crippen LogP contribution in [0.4, 0.5) is 0 Å². The minimum Gasteiger partial charge on any atom is -0.481 e. The average molecular weight is 358 g/mol. The van der Waals surface area contributed by atoms with Crippen molar-refractivity contribution in [3.63, 3.8) is 0 Å². The topological polar surface area (TPSA) is 117 Å². The number of hydrogen-bond acceptors (Lipinski definition) is 5. The lowest BCUT2D eigenvalue weighted by molar-refractivity contribution is -0.138. The first-order valence-electron chi connectivity index (χ1n) is 8.96. The van der Waals surface area contributed by atoms with E-state index in [-0.39, 0.29) is 24.2 Å². The summed E-state index contributed by atoms with van der Waals surface area (Å²) in [6.45, 7) is 0.853. The average Bonchev–Trinajstić information content (AvgIpc) is 3.30. The molecule has 3 heterocycles. The predicted octanol–water partition coefficient (Wildman–Crippen LogP) is 0.747. The Hall–Kier alpha value is -2.71. The van der Waals surface area contributed by atoms with Gasteiger partial charge in [0.1, 0.15) is 5.69 Å². The normalized spacial score (nSPS) is 22.4. The molecule has 0 spiro atoms. The fourth-order valence-corrected chi connectivity index (χ4v) is 4.29. The van der Waals surface area contributed by atoms with Crippen LogP contribution in [-0.2, 0) is 24.7 Å². The third kappa shape index (κ3) is 2.87. The molecule has 1 fully saturated rings. The molecular weight excluding hydrogens is 336 g/mol. The van der Waals surface area contributed by atoms with Gasteiger partial charge in [-0.2, -0.15) is 20.5 Å². The summed E-state index contributed by atoms with van der Waals surface area (Å²) in [5.74, 6) is -1.23. The Balaban J connectivity index is 1.61. The Morgan fingerprint density at radius 1 is 1.31 bits per heavy atom. The number of rotatable bonds is 4. The van der Waals surface area contributed by atoms with Gasteiger partial charge in [-0.1, -0.05) is 0 Å². The van der Waals surface area contributed by atoms with E-state index in [1.54, 1.807) is 15.8 Å². The maximum Gasteiger partial charge on any atom is 0.303 e. The van der Waals surface area contributed by atoms with Gasteiger partial charge in [-0.25, -0.2) is 0 Å². The lowest BCUT2D eigenvalue weighted by Gasteiger charge is -2.18. The van der Waals surface area contributed by atoms with Crippen molar-refractivity contribution < 1.29 is 14.7 Å².